The molecule has 0 spiro atoms. The monoisotopic (exact) mass is 283 g/mol. The van der Waals surface area contributed by atoms with Crippen LogP contribution in [0.4, 0.5) is 0 Å². The van der Waals surface area contributed by atoms with Crippen LogP contribution in [0.15, 0.2) is 82.5 Å². The molecular weight excluding hydrogens is 270 g/mol. The van der Waals surface area contributed by atoms with Crippen molar-refractivity contribution in [1.82, 2.24) is 15.4 Å². The number of benzene rings is 1. The van der Waals surface area contributed by atoms with E-state index < -0.39 is 0 Å². The van der Waals surface area contributed by atoms with Crippen molar-refractivity contribution in [3.05, 3.63) is 77.9 Å². The summed E-state index contributed by atoms with van der Waals surface area (Å²) in [7, 11) is 0. The van der Waals surface area contributed by atoms with Crippen LogP contribution in [0.3, 0.4) is 0 Å². The number of para-hydroxylation sites is 1. The Morgan fingerprint density at radius 3 is 2.20 bits per heavy atom. The van der Waals surface area contributed by atoms with E-state index in [4.69, 9.17) is 0 Å². The molecular formula is C15H13N3OS. The second-order valence-corrected chi connectivity index (χ2v) is 4.39. The van der Waals surface area contributed by atoms with Gasteiger partial charge in [0.15, 0.2) is 0 Å². The zero-order chi connectivity index (χ0) is 13.9. The Kier molecular flexibility index (Phi) is 5.94. The Morgan fingerprint density at radius 1 is 0.850 bits per heavy atom. The number of hydrogen-bond donors (Lipinski definition) is 0. The van der Waals surface area contributed by atoms with Crippen LogP contribution >= 0.6 is 11.3 Å². The number of nitrogens with zero attached hydrogens (tertiary/aromatic N) is 3. The van der Waals surface area contributed by atoms with Gasteiger partial charge in [0.25, 0.3) is 0 Å². The van der Waals surface area contributed by atoms with Gasteiger partial charge in [0.2, 0.25) is 0 Å². The SMILES string of the molecule is c1ccc2ncccc2c1.c1ccsc1.c1conn1. The number of thiophene rings is 1. The third-order valence-electron chi connectivity index (χ3n) is 2.22. The van der Waals surface area contributed by atoms with Gasteiger partial charge in [-0.2, -0.15) is 11.3 Å². The molecule has 0 unspecified atom stereocenters. The van der Waals surface area contributed by atoms with E-state index in [-0.39, 0.29) is 0 Å². The minimum absolute atomic E-state index is 1.06. The van der Waals surface area contributed by atoms with Crippen molar-refractivity contribution in [2.24, 2.45) is 0 Å². The molecule has 0 fully saturated rings. The number of pyridine rings is 1. The second-order valence-electron chi connectivity index (χ2n) is 3.58. The molecule has 3 aromatic heterocycles. The Hall–Kier alpha value is -2.53. The summed E-state index contributed by atoms with van der Waals surface area (Å²) in [6.07, 6.45) is 4.68. The fourth-order valence-electron chi connectivity index (χ4n) is 1.38. The summed E-state index contributed by atoms with van der Waals surface area (Å²) in [6, 6.07) is 16.1. The molecule has 0 saturated carbocycles. The largest absolute Gasteiger partial charge is 0.346 e. The summed E-state index contributed by atoms with van der Waals surface area (Å²) in [5.41, 5.74) is 1.06. The number of hydrogen-bond acceptors (Lipinski definition) is 5. The fourth-order valence-corrected chi connectivity index (χ4v) is 1.83. The van der Waals surface area contributed by atoms with Crippen molar-refractivity contribution < 1.29 is 4.52 Å². The van der Waals surface area contributed by atoms with Gasteiger partial charge in [0, 0.05) is 16.9 Å². The van der Waals surface area contributed by atoms with E-state index in [0.717, 1.165) is 5.52 Å². The van der Waals surface area contributed by atoms with Crippen LogP contribution in [-0.4, -0.2) is 15.4 Å². The average Bonchev–Trinajstić information content (AvgIpc) is 3.25. The van der Waals surface area contributed by atoms with Gasteiger partial charge in [-0.3, -0.25) is 4.98 Å². The smallest absolute Gasteiger partial charge is 0.144 e. The number of rotatable bonds is 0. The number of aromatic nitrogens is 3. The van der Waals surface area contributed by atoms with Crippen LogP contribution in [0.1, 0.15) is 0 Å². The lowest BCUT2D eigenvalue weighted by molar-refractivity contribution is 0.393. The van der Waals surface area contributed by atoms with Crippen LogP contribution < -0.4 is 0 Å². The minimum atomic E-state index is 1.06. The molecule has 20 heavy (non-hydrogen) atoms. The lowest BCUT2D eigenvalue weighted by Gasteiger charge is -1.91. The molecule has 4 rings (SSSR count). The quantitative estimate of drug-likeness (QED) is 0.488. The van der Waals surface area contributed by atoms with E-state index in [9.17, 15) is 0 Å². The molecule has 0 radical (unpaired) electrons. The first-order valence-corrected chi connectivity index (χ1v) is 6.89. The van der Waals surface area contributed by atoms with Crippen molar-refractivity contribution in [2.75, 3.05) is 0 Å². The van der Waals surface area contributed by atoms with Gasteiger partial charge >= 0.3 is 0 Å². The first-order chi connectivity index (χ1) is 9.97. The highest BCUT2D eigenvalue weighted by molar-refractivity contribution is 7.07. The Labute approximate surface area is 120 Å². The normalized spacial score (nSPS) is 9.00. The van der Waals surface area contributed by atoms with Gasteiger partial charge < -0.3 is 4.52 Å². The van der Waals surface area contributed by atoms with Crippen molar-refractivity contribution in [1.29, 1.82) is 0 Å². The molecule has 0 amide bonds. The van der Waals surface area contributed by atoms with Gasteiger partial charge in [-0.1, -0.05) is 36.4 Å². The molecule has 0 aliphatic carbocycles. The molecule has 1 aromatic carbocycles. The third kappa shape index (κ3) is 4.99. The molecule has 3 heterocycles. The topological polar surface area (TPSA) is 51.8 Å². The molecule has 4 nitrogen and oxygen atoms in total. The van der Waals surface area contributed by atoms with E-state index in [1.54, 1.807) is 11.3 Å². The summed E-state index contributed by atoms with van der Waals surface area (Å²) >= 11 is 1.71. The predicted molar refractivity (Wildman–Crippen MR) is 80.4 cm³/mol. The molecule has 4 aromatic rings. The molecule has 5 heteroatoms. The van der Waals surface area contributed by atoms with E-state index in [1.165, 1.54) is 17.8 Å². The molecule has 0 N–H and O–H groups in total. The van der Waals surface area contributed by atoms with Gasteiger partial charge in [0.05, 0.1) is 11.7 Å². The van der Waals surface area contributed by atoms with Crippen molar-refractivity contribution in [2.45, 2.75) is 0 Å². The van der Waals surface area contributed by atoms with Gasteiger partial charge in [-0.15, -0.1) is 5.10 Å². The molecule has 0 bridgehead atoms. The number of fused-ring (bicyclic) bond motifs is 1. The van der Waals surface area contributed by atoms with Crippen LogP contribution in [-0.2, 0) is 0 Å². The summed E-state index contributed by atoms with van der Waals surface area (Å²) in [4.78, 5) is 4.18. The Morgan fingerprint density at radius 2 is 1.65 bits per heavy atom. The maximum absolute atomic E-state index is 4.22. The van der Waals surface area contributed by atoms with Crippen molar-refractivity contribution >= 4 is 22.2 Å². The maximum Gasteiger partial charge on any atom is 0.144 e. The Balaban J connectivity index is 0.000000124. The lowest BCUT2D eigenvalue weighted by Crippen LogP contribution is -1.73. The molecule has 0 aliphatic rings. The average molecular weight is 283 g/mol. The van der Waals surface area contributed by atoms with Crippen molar-refractivity contribution in [3.8, 4) is 0 Å². The van der Waals surface area contributed by atoms with E-state index in [1.807, 2.05) is 53.4 Å². The Bertz CT molecular complexity index is 555. The van der Waals surface area contributed by atoms with E-state index in [2.05, 4.69) is 32.0 Å². The van der Waals surface area contributed by atoms with Gasteiger partial charge in [-0.05, 0) is 22.9 Å². The third-order valence-corrected chi connectivity index (χ3v) is 2.85. The van der Waals surface area contributed by atoms with Crippen LogP contribution in [0.25, 0.3) is 10.9 Å². The first kappa shape index (κ1) is 13.9. The van der Waals surface area contributed by atoms with E-state index >= 15 is 0 Å². The van der Waals surface area contributed by atoms with Crippen molar-refractivity contribution in [3.63, 3.8) is 0 Å². The summed E-state index contributed by atoms with van der Waals surface area (Å²) in [5.74, 6) is 0. The second kappa shape index (κ2) is 8.55. The zero-order valence-electron chi connectivity index (χ0n) is 10.7. The highest BCUT2D eigenvalue weighted by Crippen LogP contribution is 2.07. The fraction of sp³-hybridized carbons (Fsp3) is 0. The molecule has 0 atom stereocenters. The summed E-state index contributed by atoms with van der Waals surface area (Å²) in [6.45, 7) is 0. The summed E-state index contributed by atoms with van der Waals surface area (Å²) < 4.78 is 4.22. The molecule has 0 aliphatic heterocycles. The van der Waals surface area contributed by atoms with E-state index in [0.29, 0.717) is 0 Å². The lowest BCUT2D eigenvalue weighted by atomic mass is 10.2. The molecule has 0 saturated heterocycles. The van der Waals surface area contributed by atoms with Crippen LogP contribution in [0.5, 0.6) is 0 Å². The maximum atomic E-state index is 4.22. The minimum Gasteiger partial charge on any atom is -0.346 e. The predicted octanol–water partition coefficient (Wildman–Crippen LogP) is 4.05. The standard InChI is InChI=1S/C9H7N.C4H4S.C2H2N2O/c1-2-6-9-8(4-1)5-3-7-10-9;1-2-4-5-3-1;1-2-5-4-3-1/h1-7H;1-4H;1-2H. The highest BCUT2D eigenvalue weighted by atomic mass is 32.1. The van der Waals surface area contributed by atoms with Crippen LogP contribution in [0, 0.1) is 0 Å². The summed E-state index contributed by atoms with van der Waals surface area (Å²) in [5, 5.41) is 11.7. The van der Waals surface area contributed by atoms with Gasteiger partial charge in [0.1, 0.15) is 6.26 Å². The highest BCUT2D eigenvalue weighted by Gasteiger charge is 1.86. The zero-order valence-corrected chi connectivity index (χ0v) is 11.5. The first-order valence-electron chi connectivity index (χ1n) is 5.95. The van der Waals surface area contributed by atoms with Crippen LogP contribution in [0.2, 0.25) is 0 Å². The van der Waals surface area contributed by atoms with Gasteiger partial charge in [-0.25, -0.2) is 0 Å². The molecule has 100 valence electrons.